The third-order valence-electron chi connectivity index (χ3n) is 2.86. The van der Waals surface area contributed by atoms with Crippen LogP contribution in [0, 0.1) is 0 Å². The highest BCUT2D eigenvalue weighted by Gasteiger charge is 2.11. The minimum atomic E-state index is -0.279. The number of nitrogen functional groups attached to an aromatic ring is 1. The van der Waals surface area contributed by atoms with Gasteiger partial charge in [-0.1, -0.05) is 17.7 Å². The van der Waals surface area contributed by atoms with Gasteiger partial charge in [-0.05, 0) is 36.4 Å². The van der Waals surface area contributed by atoms with E-state index < -0.39 is 0 Å². The zero-order valence-corrected chi connectivity index (χ0v) is 12.1. The van der Waals surface area contributed by atoms with Crippen molar-refractivity contribution in [3.63, 3.8) is 0 Å². The molecule has 20 heavy (non-hydrogen) atoms. The number of amides is 1. The van der Waals surface area contributed by atoms with E-state index in [1.54, 1.807) is 18.2 Å². The summed E-state index contributed by atoms with van der Waals surface area (Å²) in [6.07, 6.45) is 0. The third kappa shape index (κ3) is 3.22. The van der Waals surface area contributed by atoms with Crippen molar-refractivity contribution in [2.24, 2.45) is 0 Å². The smallest absolute Gasteiger partial charge is 0.257 e. The van der Waals surface area contributed by atoms with Gasteiger partial charge < -0.3 is 16.0 Å². The molecule has 0 unspecified atom stereocenters. The zero-order valence-electron chi connectivity index (χ0n) is 11.4. The van der Waals surface area contributed by atoms with Crippen LogP contribution in [0.5, 0.6) is 0 Å². The molecule has 0 spiro atoms. The zero-order chi connectivity index (χ0) is 14.7. The number of hydrogen-bond acceptors (Lipinski definition) is 3. The summed E-state index contributed by atoms with van der Waals surface area (Å²) in [5.74, 6) is -0.279. The molecule has 2 aromatic rings. The molecule has 3 N–H and O–H groups in total. The number of nitrogens with one attached hydrogen (secondary N) is 1. The molecule has 0 aliphatic rings. The van der Waals surface area contributed by atoms with Crippen molar-refractivity contribution in [3.05, 3.63) is 53.1 Å². The van der Waals surface area contributed by atoms with Crippen LogP contribution in [0.4, 0.5) is 17.1 Å². The predicted molar refractivity (Wildman–Crippen MR) is 84.6 cm³/mol. The number of nitrogens with zero attached hydrogens (tertiary/aromatic N) is 1. The lowest BCUT2D eigenvalue weighted by atomic mass is 10.2. The summed E-state index contributed by atoms with van der Waals surface area (Å²) in [6, 6.07) is 12.4. The number of hydrogen-bond donors (Lipinski definition) is 2. The second-order valence-corrected chi connectivity index (χ2v) is 5.05. The Morgan fingerprint density at radius 1 is 1.20 bits per heavy atom. The monoisotopic (exact) mass is 289 g/mol. The summed E-state index contributed by atoms with van der Waals surface area (Å²) in [5.41, 5.74) is 8.25. The summed E-state index contributed by atoms with van der Waals surface area (Å²) in [7, 11) is 3.88. The Hall–Kier alpha value is -2.20. The first-order valence-electron chi connectivity index (χ1n) is 6.11. The maximum atomic E-state index is 12.2. The van der Waals surface area contributed by atoms with E-state index in [2.05, 4.69) is 5.32 Å². The van der Waals surface area contributed by atoms with Crippen LogP contribution < -0.4 is 16.0 Å². The lowest BCUT2D eigenvalue weighted by molar-refractivity contribution is 0.102. The van der Waals surface area contributed by atoms with Crippen LogP contribution in [0.15, 0.2) is 42.5 Å². The molecule has 2 rings (SSSR count). The van der Waals surface area contributed by atoms with Gasteiger partial charge in [0.2, 0.25) is 0 Å². The molecule has 104 valence electrons. The molecule has 0 aliphatic heterocycles. The Balaban J connectivity index is 2.23. The van der Waals surface area contributed by atoms with Crippen LogP contribution in [0.2, 0.25) is 5.02 Å². The summed E-state index contributed by atoms with van der Waals surface area (Å²) >= 11 is 6.01. The minimum Gasteiger partial charge on any atom is -0.399 e. The Bertz CT molecular complexity index is 641. The van der Waals surface area contributed by atoms with Crippen LogP contribution in [-0.4, -0.2) is 20.0 Å². The average Bonchev–Trinajstić information content (AvgIpc) is 2.41. The number of benzene rings is 2. The van der Waals surface area contributed by atoms with Crippen molar-refractivity contribution >= 4 is 34.6 Å². The molecule has 2 aromatic carbocycles. The van der Waals surface area contributed by atoms with Gasteiger partial charge in [0, 0.05) is 31.2 Å². The highest BCUT2D eigenvalue weighted by Crippen LogP contribution is 2.22. The van der Waals surface area contributed by atoms with E-state index in [1.807, 2.05) is 43.3 Å². The molecule has 0 bridgehead atoms. The van der Waals surface area contributed by atoms with Crippen molar-refractivity contribution in [3.8, 4) is 0 Å². The molecule has 0 fully saturated rings. The normalized spacial score (nSPS) is 10.2. The Kier molecular flexibility index (Phi) is 4.15. The van der Waals surface area contributed by atoms with Gasteiger partial charge in [0.1, 0.15) is 0 Å². The van der Waals surface area contributed by atoms with Crippen LogP contribution >= 0.6 is 11.6 Å². The standard InChI is InChI=1S/C15H16ClN3O/c1-19(2)12-5-3-4-11(9-12)18-15(20)13-8-10(17)6-7-14(13)16/h3-9H,17H2,1-2H3,(H,18,20). The van der Waals surface area contributed by atoms with E-state index >= 15 is 0 Å². The maximum Gasteiger partial charge on any atom is 0.257 e. The molecule has 4 nitrogen and oxygen atoms in total. The Morgan fingerprint density at radius 3 is 2.65 bits per heavy atom. The highest BCUT2D eigenvalue weighted by atomic mass is 35.5. The van der Waals surface area contributed by atoms with Crippen molar-refractivity contribution < 1.29 is 4.79 Å². The van der Waals surface area contributed by atoms with E-state index in [4.69, 9.17) is 17.3 Å². The lowest BCUT2D eigenvalue weighted by Crippen LogP contribution is -2.14. The summed E-state index contributed by atoms with van der Waals surface area (Å²) in [4.78, 5) is 14.2. The third-order valence-corrected chi connectivity index (χ3v) is 3.19. The number of rotatable bonds is 3. The van der Waals surface area contributed by atoms with Gasteiger partial charge in [0.15, 0.2) is 0 Å². The largest absolute Gasteiger partial charge is 0.399 e. The fourth-order valence-corrected chi connectivity index (χ4v) is 1.98. The second-order valence-electron chi connectivity index (χ2n) is 4.64. The van der Waals surface area contributed by atoms with Crippen LogP contribution in [0.3, 0.4) is 0 Å². The summed E-state index contributed by atoms with van der Waals surface area (Å²) in [5, 5.41) is 3.19. The first kappa shape index (κ1) is 14.2. The molecule has 0 heterocycles. The SMILES string of the molecule is CN(C)c1cccc(NC(=O)c2cc(N)ccc2Cl)c1. The molecular formula is C15H16ClN3O. The molecule has 0 aliphatic carbocycles. The number of halogens is 1. The van der Waals surface area contributed by atoms with Crippen molar-refractivity contribution in [1.29, 1.82) is 0 Å². The maximum absolute atomic E-state index is 12.2. The van der Waals surface area contributed by atoms with Gasteiger partial charge in [0.05, 0.1) is 10.6 Å². The second kappa shape index (κ2) is 5.84. The number of anilines is 3. The fourth-order valence-electron chi connectivity index (χ4n) is 1.78. The molecule has 0 saturated heterocycles. The first-order valence-corrected chi connectivity index (χ1v) is 6.49. The van der Waals surface area contributed by atoms with Crippen LogP contribution in [0.25, 0.3) is 0 Å². The number of carbonyl (C=O) groups is 1. The topological polar surface area (TPSA) is 58.4 Å². The van der Waals surface area contributed by atoms with Crippen LogP contribution in [-0.2, 0) is 0 Å². The molecular weight excluding hydrogens is 274 g/mol. The van der Waals surface area contributed by atoms with Gasteiger partial charge >= 0.3 is 0 Å². The molecule has 5 heteroatoms. The Morgan fingerprint density at radius 2 is 1.95 bits per heavy atom. The van der Waals surface area contributed by atoms with Crippen LogP contribution in [0.1, 0.15) is 10.4 Å². The Labute approximate surface area is 123 Å². The van der Waals surface area contributed by atoms with E-state index in [1.165, 1.54) is 0 Å². The molecule has 0 aromatic heterocycles. The molecule has 0 saturated carbocycles. The summed E-state index contributed by atoms with van der Waals surface area (Å²) in [6.45, 7) is 0. The molecule has 0 radical (unpaired) electrons. The first-order chi connectivity index (χ1) is 9.47. The average molecular weight is 290 g/mol. The van der Waals surface area contributed by atoms with E-state index in [9.17, 15) is 4.79 Å². The quantitative estimate of drug-likeness (QED) is 0.853. The van der Waals surface area contributed by atoms with E-state index in [-0.39, 0.29) is 5.91 Å². The van der Waals surface area contributed by atoms with Gasteiger partial charge in [-0.2, -0.15) is 0 Å². The number of carbonyl (C=O) groups excluding carboxylic acids is 1. The van der Waals surface area contributed by atoms with Gasteiger partial charge in [-0.3, -0.25) is 4.79 Å². The van der Waals surface area contributed by atoms with Gasteiger partial charge in [-0.25, -0.2) is 0 Å². The van der Waals surface area contributed by atoms with Crippen molar-refractivity contribution in [2.75, 3.05) is 30.0 Å². The van der Waals surface area contributed by atoms with Gasteiger partial charge in [-0.15, -0.1) is 0 Å². The molecule has 0 atom stereocenters. The predicted octanol–water partition coefficient (Wildman–Crippen LogP) is 3.24. The minimum absolute atomic E-state index is 0.279. The summed E-state index contributed by atoms with van der Waals surface area (Å²) < 4.78 is 0. The van der Waals surface area contributed by atoms with Gasteiger partial charge in [0.25, 0.3) is 5.91 Å². The van der Waals surface area contributed by atoms with E-state index in [0.29, 0.717) is 22.0 Å². The lowest BCUT2D eigenvalue weighted by Gasteiger charge is -2.14. The number of nitrogens with two attached hydrogens (primary N) is 1. The van der Waals surface area contributed by atoms with Crippen molar-refractivity contribution in [2.45, 2.75) is 0 Å². The highest BCUT2D eigenvalue weighted by molar-refractivity contribution is 6.34. The molecule has 1 amide bonds. The van der Waals surface area contributed by atoms with Crippen molar-refractivity contribution in [1.82, 2.24) is 0 Å². The van der Waals surface area contributed by atoms with E-state index in [0.717, 1.165) is 5.69 Å². The fraction of sp³-hybridized carbons (Fsp3) is 0.133.